The van der Waals surface area contributed by atoms with E-state index in [2.05, 4.69) is 5.32 Å². The third-order valence-electron chi connectivity index (χ3n) is 5.41. The Morgan fingerprint density at radius 2 is 1.93 bits per heavy atom. The first-order valence-corrected chi connectivity index (χ1v) is 12.1. The lowest BCUT2D eigenvalue weighted by atomic mass is 9.95. The van der Waals surface area contributed by atoms with Crippen LogP contribution in [0, 0.1) is 5.92 Å². The van der Waals surface area contributed by atoms with Crippen LogP contribution in [0.4, 0.5) is 5.69 Å². The molecule has 0 spiro atoms. The summed E-state index contributed by atoms with van der Waals surface area (Å²) in [5.74, 6) is -1.22. The number of hydrogen-bond donors (Lipinski definition) is 1. The maximum atomic E-state index is 12.9. The van der Waals surface area contributed by atoms with Crippen molar-refractivity contribution in [2.75, 3.05) is 18.4 Å². The molecule has 1 aromatic carbocycles. The molecule has 1 amide bonds. The van der Waals surface area contributed by atoms with Crippen molar-refractivity contribution in [2.45, 2.75) is 56.4 Å². The van der Waals surface area contributed by atoms with Crippen molar-refractivity contribution in [1.82, 2.24) is 4.31 Å². The number of amides is 1. The summed E-state index contributed by atoms with van der Waals surface area (Å²) in [6.07, 6.45) is 7.73. The smallest absolute Gasteiger partial charge is 0.310 e. The van der Waals surface area contributed by atoms with Crippen LogP contribution < -0.4 is 5.32 Å². The second kappa shape index (κ2) is 9.94. The van der Waals surface area contributed by atoms with Crippen LogP contribution in [0.15, 0.2) is 35.2 Å². The molecule has 3 rings (SSSR count). The third-order valence-corrected chi connectivity index (χ3v) is 7.64. The molecule has 9 heteroatoms. The predicted octanol–water partition coefficient (Wildman–Crippen LogP) is 3.74. The molecule has 7 nitrogen and oxygen atoms in total. The van der Waals surface area contributed by atoms with Crippen LogP contribution in [0.5, 0.6) is 0 Å². The lowest BCUT2D eigenvalue weighted by Crippen LogP contribution is -2.35. The number of carbonyl (C=O) groups excluding carboxylic acids is 2. The Kier molecular flexibility index (Phi) is 7.55. The van der Waals surface area contributed by atoms with Gasteiger partial charge in [-0.3, -0.25) is 9.59 Å². The molecule has 1 aliphatic heterocycles. The molecule has 2 aliphatic rings. The van der Waals surface area contributed by atoms with E-state index in [-0.39, 0.29) is 21.5 Å². The van der Waals surface area contributed by atoms with Crippen LogP contribution in [0.2, 0.25) is 5.02 Å². The van der Waals surface area contributed by atoms with E-state index in [1.807, 2.05) is 12.2 Å². The van der Waals surface area contributed by atoms with E-state index in [1.54, 1.807) is 0 Å². The third kappa shape index (κ3) is 5.42. The van der Waals surface area contributed by atoms with Gasteiger partial charge in [0, 0.05) is 13.1 Å². The molecule has 1 aromatic rings. The molecule has 1 saturated heterocycles. The van der Waals surface area contributed by atoms with Gasteiger partial charge in [0.2, 0.25) is 10.0 Å². The maximum absolute atomic E-state index is 12.9. The predicted molar refractivity (Wildman–Crippen MR) is 115 cm³/mol. The van der Waals surface area contributed by atoms with Gasteiger partial charge in [-0.25, -0.2) is 8.42 Å². The van der Waals surface area contributed by atoms with Crippen LogP contribution in [0.1, 0.15) is 45.4 Å². The molecule has 0 saturated carbocycles. The Morgan fingerprint density at radius 1 is 1.20 bits per heavy atom. The monoisotopic (exact) mass is 454 g/mol. The second-order valence-corrected chi connectivity index (χ2v) is 10.0. The lowest BCUT2D eigenvalue weighted by Gasteiger charge is -2.26. The number of nitrogens with zero attached hydrogens (tertiary/aromatic N) is 1. The van der Waals surface area contributed by atoms with Gasteiger partial charge in [-0.2, -0.15) is 4.31 Å². The Morgan fingerprint density at radius 3 is 2.60 bits per heavy atom. The minimum atomic E-state index is -3.66. The summed E-state index contributed by atoms with van der Waals surface area (Å²) in [6, 6.07) is 4.23. The van der Waals surface area contributed by atoms with Crippen LogP contribution in [-0.2, 0) is 24.3 Å². The first kappa shape index (κ1) is 22.8. The van der Waals surface area contributed by atoms with Crippen LogP contribution >= 0.6 is 11.6 Å². The van der Waals surface area contributed by atoms with E-state index < -0.39 is 28.0 Å². The fourth-order valence-electron chi connectivity index (χ4n) is 3.58. The molecule has 0 radical (unpaired) electrons. The number of rotatable bonds is 6. The summed E-state index contributed by atoms with van der Waals surface area (Å²) in [5, 5.41) is 2.79. The van der Waals surface area contributed by atoms with E-state index in [0.29, 0.717) is 25.9 Å². The molecule has 2 atom stereocenters. The topological polar surface area (TPSA) is 92.8 Å². The zero-order chi connectivity index (χ0) is 21.7. The number of carbonyl (C=O) groups is 2. The van der Waals surface area contributed by atoms with Crippen molar-refractivity contribution in [3.63, 3.8) is 0 Å². The number of sulfonamides is 1. The molecule has 0 aromatic heterocycles. The van der Waals surface area contributed by atoms with Crippen molar-refractivity contribution in [2.24, 2.45) is 5.92 Å². The highest BCUT2D eigenvalue weighted by molar-refractivity contribution is 7.89. The average molecular weight is 455 g/mol. The number of piperidine rings is 1. The number of hydrogen-bond acceptors (Lipinski definition) is 5. The van der Waals surface area contributed by atoms with E-state index in [1.165, 1.54) is 29.4 Å². The highest BCUT2D eigenvalue weighted by Gasteiger charge is 2.28. The summed E-state index contributed by atoms with van der Waals surface area (Å²) in [7, 11) is -3.66. The van der Waals surface area contributed by atoms with Gasteiger partial charge in [0.25, 0.3) is 5.91 Å². The van der Waals surface area contributed by atoms with Crippen LogP contribution in [0.3, 0.4) is 0 Å². The minimum absolute atomic E-state index is 0.0720. The van der Waals surface area contributed by atoms with Gasteiger partial charge in [-0.1, -0.05) is 30.2 Å². The highest BCUT2D eigenvalue weighted by atomic mass is 35.5. The lowest BCUT2D eigenvalue weighted by molar-refractivity contribution is -0.157. The summed E-state index contributed by atoms with van der Waals surface area (Å²) >= 11 is 6.17. The number of ether oxygens (including phenoxy) is 1. The van der Waals surface area contributed by atoms with Gasteiger partial charge in [0.15, 0.2) is 6.10 Å². The number of allylic oxidation sites excluding steroid dienone is 2. The van der Waals surface area contributed by atoms with E-state index in [4.69, 9.17) is 16.3 Å². The molecule has 30 heavy (non-hydrogen) atoms. The first-order valence-electron chi connectivity index (χ1n) is 10.2. The number of anilines is 1. The second-order valence-electron chi connectivity index (χ2n) is 7.66. The fraction of sp³-hybridized carbons (Fsp3) is 0.524. The number of halogens is 1. The summed E-state index contributed by atoms with van der Waals surface area (Å²) in [5.41, 5.74) is 0.170. The van der Waals surface area contributed by atoms with E-state index in [0.717, 1.165) is 25.7 Å². The van der Waals surface area contributed by atoms with Gasteiger partial charge in [-0.15, -0.1) is 0 Å². The van der Waals surface area contributed by atoms with Gasteiger partial charge < -0.3 is 10.1 Å². The minimum Gasteiger partial charge on any atom is -0.452 e. The quantitative estimate of drug-likeness (QED) is 0.522. The molecule has 1 aliphatic carbocycles. The largest absolute Gasteiger partial charge is 0.452 e. The Hall–Kier alpha value is -1.90. The Labute approximate surface area is 182 Å². The maximum Gasteiger partial charge on any atom is 0.310 e. The fourth-order valence-corrected chi connectivity index (χ4v) is 5.29. The van der Waals surface area contributed by atoms with Crippen molar-refractivity contribution in [1.29, 1.82) is 0 Å². The molecule has 0 bridgehead atoms. The Balaban J connectivity index is 1.68. The number of nitrogens with one attached hydrogen (secondary N) is 1. The SMILES string of the molecule is CC(OC(=O)C1CC=CCC1)C(=O)Nc1cc(S(=O)(=O)N2CCCCC2)ccc1Cl. The molecule has 1 N–H and O–H groups in total. The van der Waals surface area contributed by atoms with Crippen molar-refractivity contribution in [3.05, 3.63) is 35.4 Å². The molecule has 1 heterocycles. The zero-order valence-electron chi connectivity index (χ0n) is 17.0. The normalized spacial score (nSPS) is 21.1. The summed E-state index contributed by atoms with van der Waals surface area (Å²) in [4.78, 5) is 24.8. The van der Waals surface area contributed by atoms with Gasteiger partial charge in [0.1, 0.15) is 0 Å². The molecule has 1 fully saturated rings. The standard InChI is InChI=1S/C21H27ClN2O5S/c1-15(29-21(26)16-8-4-2-5-9-16)20(25)23-19-14-17(10-11-18(19)22)30(27,28)24-12-6-3-7-13-24/h2,4,10-11,14-16H,3,5-9,12-13H2,1H3,(H,23,25). The Bertz CT molecular complexity index is 925. The highest BCUT2D eigenvalue weighted by Crippen LogP contribution is 2.28. The van der Waals surface area contributed by atoms with Gasteiger partial charge in [-0.05, 0) is 57.2 Å². The first-order chi connectivity index (χ1) is 14.3. The van der Waals surface area contributed by atoms with E-state index >= 15 is 0 Å². The molecular weight excluding hydrogens is 428 g/mol. The van der Waals surface area contributed by atoms with Crippen LogP contribution in [-0.4, -0.2) is 43.8 Å². The van der Waals surface area contributed by atoms with Gasteiger partial charge in [0.05, 0.1) is 21.5 Å². The van der Waals surface area contributed by atoms with Crippen LogP contribution in [0.25, 0.3) is 0 Å². The molecule has 164 valence electrons. The summed E-state index contributed by atoms with van der Waals surface area (Å²) < 4.78 is 32.5. The zero-order valence-corrected chi connectivity index (χ0v) is 18.5. The van der Waals surface area contributed by atoms with Crippen molar-refractivity contribution >= 4 is 39.2 Å². The number of benzene rings is 1. The number of esters is 1. The molecule has 2 unspecified atom stereocenters. The average Bonchev–Trinajstić information content (AvgIpc) is 2.76. The summed E-state index contributed by atoms with van der Waals surface area (Å²) in [6.45, 7) is 2.44. The van der Waals surface area contributed by atoms with E-state index in [9.17, 15) is 18.0 Å². The molecular formula is C21H27ClN2O5S. The van der Waals surface area contributed by atoms with Gasteiger partial charge >= 0.3 is 5.97 Å². The van der Waals surface area contributed by atoms with Crippen molar-refractivity contribution in [3.8, 4) is 0 Å². The van der Waals surface area contributed by atoms with Crippen molar-refractivity contribution < 1.29 is 22.7 Å².